The molecule has 0 aliphatic carbocycles. The minimum absolute atomic E-state index is 0.408. The molecule has 0 bridgehead atoms. The quantitative estimate of drug-likeness (QED) is 0.410. The van der Waals surface area contributed by atoms with Crippen molar-refractivity contribution in [2.45, 2.75) is 32.8 Å². The van der Waals surface area contributed by atoms with Gasteiger partial charge in [-0.3, -0.25) is 0 Å². The molecule has 2 aromatic carbocycles. The van der Waals surface area contributed by atoms with Crippen molar-refractivity contribution in [2.75, 3.05) is 6.54 Å². The second kappa shape index (κ2) is 9.17. The zero-order valence-electron chi connectivity index (χ0n) is 19.0. The first-order valence-corrected chi connectivity index (χ1v) is 10.9. The van der Waals surface area contributed by atoms with Crippen molar-refractivity contribution < 1.29 is 9.53 Å². The predicted molar refractivity (Wildman–Crippen MR) is 130 cm³/mol. The molecule has 1 amide bonds. The lowest BCUT2D eigenvalue weighted by Crippen LogP contribution is -2.33. The molecule has 0 fully saturated rings. The molecule has 0 atom stereocenters. The Morgan fingerprint density at radius 1 is 1.09 bits per heavy atom. The average molecular weight is 439 g/mol. The molecule has 2 N–H and O–H groups in total. The van der Waals surface area contributed by atoms with Gasteiger partial charge >= 0.3 is 6.09 Å². The lowest BCUT2D eigenvalue weighted by molar-refractivity contribution is 0.0528. The predicted octanol–water partition coefficient (Wildman–Crippen LogP) is 5.84. The number of amides is 1. The fourth-order valence-electron chi connectivity index (χ4n) is 3.69. The van der Waals surface area contributed by atoms with E-state index in [0.717, 1.165) is 38.9 Å². The van der Waals surface area contributed by atoms with E-state index in [1.807, 2.05) is 63.5 Å². The molecule has 0 aliphatic heterocycles. The number of carbonyl (C=O) groups is 1. The van der Waals surface area contributed by atoms with E-state index in [1.165, 1.54) is 0 Å². The van der Waals surface area contributed by atoms with Crippen molar-refractivity contribution >= 4 is 17.1 Å². The molecule has 33 heavy (non-hydrogen) atoms. The van der Waals surface area contributed by atoms with Crippen LogP contribution in [0.4, 0.5) is 4.79 Å². The van der Waals surface area contributed by atoms with Gasteiger partial charge in [-0.05, 0) is 62.1 Å². The second-order valence-corrected chi connectivity index (χ2v) is 8.89. The molecule has 4 aromatic rings. The van der Waals surface area contributed by atoms with Crippen LogP contribution in [0.25, 0.3) is 33.3 Å². The van der Waals surface area contributed by atoms with Crippen molar-refractivity contribution in [2.24, 2.45) is 0 Å². The van der Waals surface area contributed by atoms with E-state index in [-0.39, 0.29) is 0 Å². The van der Waals surface area contributed by atoms with Crippen LogP contribution in [0.3, 0.4) is 0 Å². The van der Waals surface area contributed by atoms with Crippen LogP contribution in [-0.2, 0) is 11.2 Å². The van der Waals surface area contributed by atoms with Crippen molar-refractivity contribution in [3.63, 3.8) is 0 Å². The maximum absolute atomic E-state index is 11.9. The van der Waals surface area contributed by atoms with E-state index in [9.17, 15) is 10.1 Å². The van der Waals surface area contributed by atoms with Gasteiger partial charge in [0, 0.05) is 35.5 Å². The number of fused-ring (bicyclic) bond motifs is 1. The fourth-order valence-corrected chi connectivity index (χ4v) is 3.69. The molecule has 4 rings (SSSR count). The van der Waals surface area contributed by atoms with E-state index < -0.39 is 11.7 Å². The maximum Gasteiger partial charge on any atom is 0.407 e. The number of benzene rings is 2. The first-order valence-electron chi connectivity index (χ1n) is 10.9. The van der Waals surface area contributed by atoms with Gasteiger partial charge in [0.25, 0.3) is 0 Å². The summed E-state index contributed by atoms with van der Waals surface area (Å²) < 4.78 is 5.29. The van der Waals surface area contributed by atoms with E-state index in [4.69, 9.17) is 4.74 Å². The van der Waals surface area contributed by atoms with Gasteiger partial charge in [0.1, 0.15) is 11.2 Å². The van der Waals surface area contributed by atoms with Crippen molar-refractivity contribution in [1.82, 2.24) is 15.3 Å². The van der Waals surface area contributed by atoms with Gasteiger partial charge in [-0.2, -0.15) is 5.26 Å². The van der Waals surface area contributed by atoms with Gasteiger partial charge in [-0.25, -0.2) is 9.78 Å². The summed E-state index contributed by atoms with van der Waals surface area (Å²) in [7, 11) is 0. The number of nitrogens with one attached hydrogen (secondary N) is 2. The van der Waals surface area contributed by atoms with Gasteiger partial charge in [0.2, 0.25) is 0 Å². The highest BCUT2D eigenvalue weighted by molar-refractivity contribution is 5.95. The average Bonchev–Trinajstić information content (AvgIpc) is 3.21. The molecular weight excluding hydrogens is 412 g/mol. The number of nitriles is 1. The Balaban J connectivity index is 1.55. The first kappa shape index (κ1) is 22.1. The molecular formula is C27H26N4O2. The van der Waals surface area contributed by atoms with Crippen LogP contribution in [0.1, 0.15) is 31.9 Å². The largest absolute Gasteiger partial charge is 0.444 e. The van der Waals surface area contributed by atoms with E-state index >= 15 is 0 Å². The summed E-state index contributed by atoms with van der Waals surface area (Å²) in [6, 6.07) is 20.1. The summed E-state index contributed by atoms with van der Waals surface area (Å²) in [6.07, 6.45) is 4.07. The number of rotatable bonds is 5. The Kier molecular flexibility index (Phi) is 6.14. The molecule has 0 saturated carbocycles. The molecule has 2 aromatic heterocycles. The standard InChI is InChI=1S/C27H26N4O2/c1-27(2,3)33-26(32)29-11-10-18-6-4-9-21(12-18)24-17-31-25-23(24)14-22(16-30-25)20-8-5-7-19(13-20)15-28/h4-9,12-14,16-17H,10-11H2,1-3H3,(H,29,32)(H,30,31). The number of H-pyrrole nitrogens is 1. The summed E-state index contributed by atoms with van der Waals surface area (Å²) in [6.45, 7) is 6.03. The van der Waals surface area contributed by atoms with E-state index in [0.29, 0.717) is 18.5 Å². The number of hydrogen-bond donors (Lipinski definition) is 2. The Morgan fingerprint density at radius 2 is 1.88 bits per heavy atom. The zero-order valence-corrected chi connectivity index (χ0v) is 19.0. The summed E-state index contributed by atoms with van der Waals surface area (Å²) in [5.41, 5.74) is 6.07. The minimum atomic E-state index is -0.512. The number of pyridine rings is 1. The number of aromatic amines is 1. The molecule has 0 saturated heterocycles. The summed E-state index contributed by atoms with van der Waals surface area (Å²) in [4.78, 5) is 19.7. The highest BCUT2D eigenvalue weighted by atomic mass is 16.6. The SMILES string of the molecule is CC(C)(C)OC(=O)NCCc1cccc(-c2c[nH]c3ncc(-c4cccc(C#N)c4)cc23)c1. The number of alkyl carbamates (subject to hydrolysis) is 1. The molecule has 0 spiro atoms. The van der Waals surface area contributed by atoms with Crippen LogP contribution in [0, 0.1) is 11.3 Å². The molecule has 0 unspecified atom stereocenters. The van der Waals surface area contributed by atoms with Crippen molar-refractivity contribution in [3.8, 4) is 28.3 Å². The van der Waals surface area contributed by atoms with Crippen molar-refractivity contribution in [1.29, 1.82) is 5.26 Å². The number of aromatic nitrogens is 2. The monoisotopic (exact) mass is 438 g/mol. The minimum Gasteiger partial charge on any atom is -0.444 e. The van der Waals surface area contributed by atoms with Gasteiger partial charge in [-0.1, -0.05) is 36.4 Å². The third kappa shape index (κ3) is 5.39. The Morgan fingerprint density at radius 3 is 2.67 bits per heavy atom. The lowest BCUT2D eigenvalue weighted by Gasteiger charge is -2.19. The van der Waals surface area contributed by atoms with E-state index in [2.05, 4.69) is 39.6 Å². The normalized spacial score (nSPS) is 11.2. The van der Waals surface area contributed by atoms with Crippen LogP contribution in [-0.4, -0.2) is 28.2 Å². The Hall–Kier alpha value is -4.11. The summed E-state index contributed by atoms with van der Waals surface area (Å²) >= 11 is 0. The maximum atomic E-state index is 11.9. The van der Waals surface area contributed by atoms with Crippen LogP contribution < -0.4 is 5.32 Å². The molecule has 2 heterocycles. The van der Waals surface area contributed by atoms with E-state index in [1.54, 1.807) is 6.07 Å². The van der Waals surface area contributed by atoms with Crippen LogP contribution in [0.5, 0.6) is 0 Å². The van der Waals surface area contributed by atoms with Gasteiger partial charge < -0.3 is 15.0 Å². The second-order valence-electron chi connectivity index (χ2n) is 8.89. The highest BCUT2D eigenvalue weighted by Gasteiger charge is 2.15. The van der Waals surface area contributed by atoms with Crippen LogP contribution in [0.15, 0.2) is 67.0 Å². The molecule has 0 radical (unpaired) electrons. The van der Waals surface area contributed by atoms with Crippen LogP contribution in [0.2, 0.25) is 0 Å². The summed E-state index contributed by atoms with van der Waals surface area (Å²) in [5.74, 6) is 0. The third-order valence-corrected chi connectivity index (χ3v) is 5.18. The third-order valence-electron chi connectivity index (χ3n) is 5.18. The molecule has 6 nitrogen and oxygen atoms in total. The number of carbonyl (C=O) groups excluding carboxylic acids is 1. The van der Waals surface area contributed by atoms with Crippen molar-refractivity contribution in [3.05, 3.63) is 78.1 Å². The molecule has 6 heteroatoms. The Labute approximate surface area is 193 Å². The van der Waals surface area contributed by atoms with Crippen LogP contribution >= 0.6 is 0 Å². The number of ether oxygens (including phenoxy) is 1. The zero-order chi connectivity index (χ0) is 23.4. The first-order chi connectivity index (χ1) is 15.8. The number of nitrogens with zero attached hydrogens (tertiary/aromatic N) is 2. The smallest absolute Gasteiger partial charge is 0.407 e. The fraction of sp³-hybridized carbons (Fsp3) is 0.222. The number of hydrogen-bond acceptors (Lipinski definition) is 4. The van der Waals surface area contributed by atoms with Gasteiger partial charge in [-0.15, -0.1) is 0 Å². The molecule has 166 valence electrons. The lowest BCUT2D eigenvalue weighted by atomic mass is 9.99. The van der Waals surface area contributed by atoms with Gasteiger partial charge in [0.15, 0.2) is 0 Å². The topological polar surface area (TPSA) is 90.8 Å². The molecule has 0 aliphatic rings. The van der Waals surface area contributed by atoms with Gasteiger partial charge in [0.05, 0.1) is 11.6 Å². The summed E-state index contributed by atoms with van der Waals surface area (Å²) in [5, 5.41) is 13.0. The highest BCUT2D eigenvalue weighted by Crippen LogP contribution is 2.31. The Bertz CT molecular complexity index is 1340.